The third-order valence-electron chi connectivity index (χ3n) is 5.11. The number of guanidine groups is 2. The number of amides is 2. The van der Waals surface area contributed by atoms with Crippen LogP contribution in [0.3, 0.4) is 0 Å². The summed E-state index contributed by atoms with van der Waals surface area (Å²) < 4.78 is 31.7. The fourth-order valence-corrected chi connectivity index (χ4v) is 3.90. The molecule has 12 nitrogen and oxygen atoms in total. The molecule has 0 spiro atoms. The highest BCUT2D eigenvalue weighted by Crippen LogP contribution is 2.21. The minimum Gasteiger partial charge on any atom is -0.475 e. The summed E-state index contributed by atoms with van der Waals surface area (Å²) in [5.74, 6) is -3.20. The van der Waals surface area contributed by atoms with Crippen LogP contribution in [-0.4, -0.2) is 54.1 Å². The number of carbonyl (C=O) groups excluding carboxylic acids is 2. The van der Waals surface area contributed by atoms with Crippen LogP contribution in [0.4, 0.5) is 24.5 Å². The minimum atomic E-state index is -5.08. The topological polar surface area (TPSA) is 224 Å². The largest absolute Gasteiger partial charge is 0.490 e. The molecule has 3 rings (SSSR count). The number of aliphatic imine (C=N–C) groups is 2. The molecular formula is C26H29F3N8O4S. The molecule has 0 aliphatic rings. The van der Waals surface area contributed by atoms with Gasteiger partial charge in [-0.2, -0.15) is 13.2 Å². The van der Waals surface area contributed by atoms with Gasteiger partial charge in [0.15, 0.2) is 11.9 Å². The van der Waals surface area contributed by atoms with Crippen LogP contribution in [0.15, 0.2) is 70.6 Å². The number of benzene rings is 2. The van der Waals surface area contributed by atoms with Gasteiger partial charge in [0.1, 0.15) is 0 Å². The zero-order valence-corrected chi connectivity index (χ0v) is 22.8. The fraction of sp³-hybridized carbons (Fsp3) is 0.192. The lowest BCUT2D eigenvalue weighted by Gasteiger charge is -2.06. The molecular weight excluding hydrogens is 577 g/mol. The van der Waals surface area contributed by atoms with Crippen molar-refractivity contribution in [2.45, 2.75) is 19.0 Å². The number of halogens is 3. The third kappa shape index (κ3) is 12.0. The van der Waals surface area contributed by atoms with Crippen molar-refractivity contribution >= 4 is 52.4 Å². The van der Waals surface area contributed by atoms with Gasteiger partial charge in [-0.3, -0.25) is 19.6 Å². The van der Waals surface area contributed by atoms with Gasteiger partial charge in [-0.05, 0) is 60.4 Å². The smallest absolute Gasteiger partial charge is 0.475 e. The number of aliphatic carboxylic acids is 1. The summed E-state index contributed by atoms with van der Waals surface area (Å²) in [6.07, 6.45) is -3.70. The van der Waals surface area contributed by atoms with Gasteiger partial charge in [0.2, 0.25) is 0 Å². The molecule has 0 atom stereocenters. The Hall–Kier alpha value is -5.12. The van der Waals surface area contributed by atoms with Crippen molar-refractivity contribution in [1.82, 2.24) is 0 Å². The molecule has 0 aliphatic carbocycles. The number of alkyl halides is 3. The second-order valence-corrected chi connectivity index (χ2v) is 9.47. The van der Waals surface area contributed by atoms with Crippen LogP contribution in [0.2, 0.25) is 0 Å². The van der Waals surface area contributed by atoms with Gasteiger partial charge in [0, 0.05) is 24.5 Å². The van der Waals surface area contributed by atoms with Crippen LogP contribution in [0, 0.1) is 0 Å². The van der Waals surface area contributed by atoms with Gasteiger partial charge in [-0.15, -0.1) is 11.3 Å². The predicted octanol–water partition coefficient (Wildman–Crippen LogP) is 2.52. The van der Waals surface area contributed by atoms with Crippen LogP contribution in [0.1, 0.15) is 30.5 Å². The van der Waals surface area contributed by atoms with Crippen LogP contribution < -0.4 is 33.6 Å². The van der Waals surface area contributed by atoms with E-state index in [-0.39, 0.29) is 23.7 Å². The summed E-state index contributed by atoms with van der Waals surface area (Å²) in [5, 5.41) is 12.8. The molecule has 0 radical (unpaired) electrons. The standard InChI is InChI=1S/C24H28N8O2S.C2HF3O2/c25-23(26)29-13-11-15-1-5-17(6-2-15)31-21(33)19-9-10-20(35-19)22(34)32-18-7-3-16(4-8-18)12-14-30-24(27)28;3-2(4,5)1(6)7/h1-10H,11-14H2,(H,31,33)(H,32,34)(H4,25,26,29)(H4,27,28,30);(H,6,7). The van der Waals surface area contributed by atoms with E-state index in [4.69, 9.17) is 32.8 Å². The molecule has 0 bridgehead atoms. The van der Waals surface area contributed by atoms with Crippen LogP contribution in [-0.2, 0) is 17.6 Å². The Morgan fingerprint density at radius 1 is 0.690 bits per heavy atom. The molecule has 2 aromatic carbocycles. The highest BCUT2D eigenvalue weighted by Gasteiger charge is 2.38. The van der Waals surface area contributed by atoms with Gasteiger partial charge in [-0.1, -0.05) is 24.3 Å². The number of nitrogens with one attached hydrogen (secondary N) is 2. The lowest BCUT2D eigenvalue weighted by atomic mass is 10.1. The number of carboxylic acids is 1. The molecule has 1 heterocycles. The molecule has 0 unspecified atom stereocenters. The highest BCUT2D eigenvalue weighted by molar-refractivity contribution is 7.16. The SMILES string of the molecule is NC(N)=NCCc1ccc(NC(=O)c2ccc(C(=O)Nc3ccc(CCN=C(N)N)cc3)s2)cc1.O=C(O)C(F)(F)F. The van der Waals surface area contributed by atoms with Gasteiger partial charge >= 0.3 is 12.1 Å². The van der Waals surface area contributed by atoms with E-state index in [1.807, 2.05) is 48.5 Å². The van der Waals surface area contributed by atoms with E-state index in [0.717, 1.165) is 22.5 Å². The Labute approximate surface area is 242 Å². The summed E-state index contributed by atoms with van der Waals surface area (Å²) in [6.45, 7) is 0.995. The normalized spacial score (nSPS) is 10.5. The van der Waals surface area contributed by atoms with E-state index in [2.05, 4.69) is 20.6 Å². The first-order valence-electron chi connectivity index (χ1n) is 12.1. The molecule has 0 fully saturated rings. The number of anilines is 2. The maximum Gasteiger partial charge on any atom is 0.490 e. The van der Waals surface area contributed by atoms with Crippen LogP contribution >= 0.6 is 11.3 Å². The maximum atomic E-state index is 12.6. The number of carboxylic acid groups (broad SMARTS) is 1. The lowest BCUT2D eigenvalue weighted by molar-refractivity contribution is -0.192. The Morgan fingerprint density at radius 3 is 1.31 bits per heavy atom. The van der Waals surface area contributed by atoms with Gasteiger partial charge in [-0.25, -0.2) is 4.79 Å². The van der Waals surface area contributed by atoms with Crippen molar-refractivity contribution in [2.24, 2.45) is 32.9 Å². The summed E-state index contributed by atoms with van der Waals surface area (Å²) in [7, 11) is 0. The second-order valence-electron chi connectivity index (χ2n) is 8.38. The number of hydrogen-bond acceptors (Lipinski definition) is 6. The number of nitrogens with two attached hydrogens (primary N) is 4. The predicted molar refractivity (Wildman–Crippen MR) is 156 cm³/mol. The average Bonchev–Trinajstić information content (AvgIpc) is 3.41. The van der Waals surface area contributed by atoms with Crippen molar-refractivity contribution < 1.29 is 32.7 Å². The van der Waals surface area contributed by atoms with E-state index >= 15 is 0 Å². The van der Waals surface area contributed by atoms with E-state index in [1.165, 1.54) is 0 Å². The number of rotatable bonds is 10. The van der Waals surface area contributed by atoms with Crippen LogP contribution in [0.5, 0.6) is 0 Å². The molecule has 0 aliphatic heterocycles. The van der Waals surface area contributed by atoms with Crippen molar-refractivity contribution in [3.8, 4) is 0 Å². The molecule has 2 amide bonds. The first kappa shape index (κ1) is 33.1. The Kier molecular flexibility index (Phi) is 12.3. The van der Waals surface area contributed by atoms with Crippen LogP contribution in [0.25, 0.3) is 0 Å². The van der Waals surface area contributed by atoms with E-state index in [9.17, 15) is 22.8 Å². The number of hydrogen-bond donors (Lipinski definition) is 7. The summed E-state index contributed by atoms with van der Waals surface area (Å²) in [5.41, 5.74) is 24.7. The molecule has 16 heteroatoms. The maximum absolute atomic E-state index is 12.6. The fourth-order valence-electron chi connectivity index (χ4n) is 3.11. The van der Waals surface area contributed by atoms with Gasteiger partial charge in [0.05, 0.1) is 9.75 Å². The quantitative estimate of drug-likeness (QED) is 0.134. The van der Waals surface area contributed by atoms with Crippen molar-refractivity contribution in [3.05, 3.63) is 81.5 Å². The number of thiophene rings is 1. The van der Waals surface area contributed by atoms with Gasteiger partial charge < -0.3 is 38.7 Å². The van der Waals surface area contributed by atoms with E-state index < -0.39 is 12.1 Å². The molecule has 0 saturated heterocycles. The monoisotopic (exact) mass is 606 g/mol. The van der Waals surface area contributed by atoms with Crippen molar-refractivity contribution in [1.29, 1.82) is 0 Å². The molecule has 42 heavy (non-hydrogen) atoms. The van der Waals surface area contributed by atoms with Crippen molar-refractivity contribution in [2.75, 3.05) is 23.7 Å². The summed E-state index contributed by atoms with van der Waals surface area (Å²) in [6, 6.07) is 18.1. The van der Waals surface area contributed by atoms with E-state index in [0.29, 0.717) is 47.1 Å². The minimum absolute atomic E-state index is 0.0618. The lowest BCUT2D eigenvalue weighted by Crippen LogP contribution is -2.23. The first-order chi connectivity index (χ1) is 19.7. The van der Waals surface area contributed by atoms with E-state index in [1.54, 1.807) is 12.1 Å². The number of nitrogens with zero attached hydrogens (tertiary/aromatic N) is 2. The average molecular weight is 607 g/mol. The Bertz CT molecular complexity index is 1320. The third-order valence-corrected chi connectivity index (χ3v) is 6.19. The van der Waals surface area contributed by atoms with Crippen molar-refractivity contribution in [3.63, 3.8) is 0 Å². The second kappa shape index (κ2) is 15.6. The number of carbonyl (C=O) groups is 3. The molecule has 3 aromatic rings. The highest BCUT2D eigenvalue weighted by atomic mass is 32.1. The summed E-state index contributed by atoms with van der Waals surface area (Å²) >= 11 is 1.12. The molecule has 1 aromatic heterocycles. The summed E-state index contributed by atoms with van der Waals surface area (Å²) in [4.78, 5) is 42.9. The Balaban J connectivity index is 0.000000782. The Morgan fingerprint density at radius 2 is 1.02 bits per heavy atom. The molecule has 224 valence electrons. The molecule has 11 N–H and O–H groups in total. The van der Waals surface area contributed by atoms with Gasteiger partial charge in [0.25, 0.3) is 11.8 Å². The zero-order chi connectivity index (χ0) is 31.3. The first-order valence-corrected chi connectivity index (χ1v) is 12.9. The molecule has 0 saturated carbocycles. The zero-order valence-electron chi connectivity index (χ0n) is 22.0.